The van der Waals surface area contributed by atoms with E-state index in [-0.39, 0.29) is 35.0 Å². The Bertz CT molecular complexity index is 873. The van der Waals surface area contributed by atoms with Gasteiger partial charge in [-0.25, -0.2) is 0 Å². The number of hydrogen-bond donors (Lipinski definition) is 1. The van der Waals surface area contributed by atoms with Gasteiger partial charge in [0.05, 0.1) is 14.2 Å². The van der Waals surface area contributed by atoms with E-state index in [2.05, 4.69) is 5.32 Å². The van der Waals surface area contributed by atoms with Gasteiger partial charge in [-0.1, -0.05) is 24.3 Å². The Morgan fingerprint density at radius 2 is 1.61 bits per heavy atom. The summed E-state index contributed by atoms with van der Waals surface area (Å²) in [5.41, 5.74) is 2.48. The van der Waals surface area contributed by atoms with E-state index in [9.17, 15) is 14.4 Å². The number of ether oxygens (including phenoxy) is 2. The largest absolute Gasteiger partial charge is 0.489 e. The Hall–Kier alpha value is -3.15. The molecule has 0 aromatic heterocycles. The van der Waals surface area contributed by atoms with Crippen LogP contribution in [0.2, 0.25) is 0 Å². The van der Waals surface area contributed by atoms with E-state index in [4.69, 9.17) is 9.47 Å². The Morgan fingerprint density at radius 3 is 2.14 bits per heavy atom. The number of amides is 1. The van der Waals surface area contributed by atoms with Crippen LogP contribution in [0.4, 0.5) is 0 Å². The molecule has 1 aliphatic rings. The number of carbonyl (C=O) groups is 3. The van der Waals surface area contributed by atoms with Crippen LogP contribution in [0.15, 0.2) is 53.0 Å². The zero-order valence-electron chi connectivity index (χ0n) is 16.8. The molecule has 1 N–H and O–H groups in total. The van der Waals surface area contributed by atoms with Gasteiger partial charge in [0.15, 0.2) is 0 Å². The molecule has 0 spiro atoms. The molecular formula is C22H25NO5. The van der Waals surface area contributed by atoms with Gasteiger partial charge in [-0.2, -0.15) is 0 Å². The van der Waals surface area contributed by atoms with Crippen LogP contribution in [0.3, 0.4) is 0 Å². The number of benzene rings is 1. The number of Topliss-reactive ketones (excluding diaryl/α,β-unsaturated/α-hetero) is 2. The number of carbonyl (C=O) groups excluding carboxylic acids is 3. The SMILES string of the molecule is COC1=C(OC)C(=O)C(Cc2ccc(C=CC(=O)NC(C)C)cc2)=C(C)C1=O. The van der Waals surface area contributed by atoms with Crippen molar-refractivity contribution in [2.45, 2.75) is 33.2 Å². The average Bonchev–Trinajstić information content (AvgIpc) is 2.66. The van der Waals surface area contributed by atoms with Gasteiger partial charge in [-0.15, -0.1) is 0 Å². The summed E-state index contributed by atoms with van der Waals surface area (Å²) >= 11 is 0. The van der Waals surface area contributed by atoms with Crippen molar-refractivity contribution in [2.75, 3.05) is 14.2 Å². The molecule has 6 heteroatoms. The summed E-state index contributed by atoms with van der Waals surface area (Å²) in [6.07, 6.45) is 3.50. The van der Waals surface area contributed by atoms with Crippen LogP contribution < -0.4 is 5.32 Å². The quantitative estimate of drug-likeness (QED) is 0.578. The molecule has 2 rings (SSSR count). The van der Waals surface area contributed by atoms with E-state index in [1.165, 1.54) is 20.3 Å². The van der Waals surface area contributed by atoms with Gasteiger partial charge in [-0.3, -0.25) is 14.4 Å². The predicted octanol–water partition coefficient (Wildman–Crippen LogP) is 2.74. The molecule has 0 unspecified atom stereocenters. The Kier molecular flexibility index (Phi) is 6.93. The highest BCUT2D eigenvalue weighted by molar-refractivity contribution is 6.23. The van der Waals surface area contributed by atoms with Crippen molar-refractivity contribution in [1.82, 2.24) is 5.32 Å². The Labute approximate surface area is 164 Å². The first-order valence-corrected chi connectivity index (χ1v) is 8.97. The lowest BCUT2D eigenvalue weighted by Gasteiger charge is -2.20. The summed E-state index contributed by atoms with van der Waals surface area (Å²) in [4.78, 5) is 36.8. The molecule has 28 heavy (non-hydrogen) atoms. The second-order valence-electron chi connectivity index (χ2n) is 6.74. The minimum absolute atomic E-state index is 0.0612. The molecule has 6 nitrogen and oxygen atoms in total. The number of nitrogens with one attached hydrogen (secondary N) is 1. The van der Waals surface area contributed by atoms with Crippen LogP contribution >= 0.6 is 0 Å². The molecule has 0 atom stereocenters. The lowest BCUT2D eigenvalue weighted by molar-refractivity contribution is -0.121. The van der Waals surface area contributed by atoms with Crippen molar-refractivity contribution in [3.63, 3.8) is 0 Å². The number of ketones is 2. The highest BCUT2D eigenvalue weighted by Gasteiger charge is 2.34. The van der Waals surface area contributed by atoms with Gasteiger partial charge < -0.3 is 14.8 Å². The standard InChI is InChI=1S/C22H25NO5/c1-13(2)23-18(24)11-10-15-6-8-16(9-7-15)12-17-14(3)19(25)21(27-4)22(28-5)20(17)26/h6-11,13H,12H2,1-5H3,(H,23,24). The summed E-state index contributed by atoms with van der Waals surface area (Å²) in [5, 5.41) is 2.78. The van der Waals surface area contributed by atoms with E-state index in [0.29, 0.717) is 17.6 Å². The zero-order valence-corrected chi connectivity index (χ0v) is 16.8. The molecule has 0 saturated heterocycles. The third kappa shape index (κ3) is 4.76. The van der Waals surface area contributed by atoms with Crippen molar-refractivity contribution in [2.24, 2.45) is 0 Å². The van der Waals surface area contributed by atoms with Crippen molar-refractivity contribution >= 4 is 23.5 Å². The van der Waals surface area contributed by atoms with Gasteiger partial charge >= 0.3 is 0 Å². The minimum Gasteiger partial charge on any atom is -0.489 e. The maximum Gasteiger partial charge on any atom is 0.244 e. The highest BCUT2D eigenvalue weighted by Crippen LogP contribution is 2.28. The molecule has 0 saturated carbocycles. The van der Waals surface area contributed by atoms with Crippen LogP contribution in [0.1, 0.15) is 31.9 Å². The molecule has 1 aliphatic carbocycles. The fraction of sp³-hybridized carbons (Fsp3) is 0.318. The monoisotopic (exact) mass is 383 g/mol. The third-order valence-corrected chi connectivity index (χ3v) is 4.31. The number of allylic oxidation sites excluding steroid dienone is 2. The van der Waals surface area contributed by atoms with Crippen LogP contribution in [0.5, 0.6) is 0 Å². The van der Waals surface area contributed by atoms with E-state index < -0.39 is 0 Å². The zero-order chi connectivity index (χ0) is 20.8. The number of rotatable bonds is 7. The van der Waals surface area contributed by atoms with Gasteiger partial charge in [0.25, 0.3) is 0 Å². The van der Waals surface area contributed by atoms with Gasteiger partial charge in [0, 0.05) is 29.7 Å². The molecule has 148 valence electrons. The smallest absolute Gasteiger partial charge is 0.244 e. The van der Waals surface area contributed by atoms with Crippen LogP contribution in [0, 0.1) is 0 Å². The van der Waals surface area contributed by atoms with Crippen molar-refractivity contribution in [3.8, 4) is 0 Å². The summed E-state index contributed by atoms with van der Waals surface area (Å²) in [7, 11) is 2.68. The van der Waals surface area contributed by atoms with Crippen molar-refractivity contribution in [1.29, 1.82) is 0 Å². The molecule has 0 radical (unpaired) electrons. The number of hydrogen-bond acceptors (Lipinski definition) is 5. The van der Waals surface area contributed by atoms with Crippen molar-refractivity contribution < 1.29 is 23.9 Å². The van der Waals surface area contributed by atoms with Gasteiger partial charge in [0.2, 0.25) is 29.0 Å². The van der Waals surface area contributed by atoms with E-state index in [1.807, 2.05) is 38.1 Å². The lowest BCUT2D eigenvalue weighted by atomic mass is 9.89. The predicted molar refractivity (Wildman–Crippen MR) is 106 cm³/mol. The lowest BCUT2D eigenvalue weighted by Crippen LogP contribution is -2.28. The second-order valence-corrected chi connectivity index (χ2v) is 6.74. The first kappa shape index (κ1) is 21.2. The van der Waals surface area contributed by atoms with Gasteiger partial charge in [-0.05, 0) is 38.0 Å². The normalized spacial score (nSPS) is 14.9. The van der Waals surface area contributed by atoms with E-state index in [0.717, 1.165) is 11.1 Å². The number of methoxy groups -OCH3 is 2. The highest BCUT2D eigenvalue weighted by atomic mass is 16.5. The van der Waals surface area contributed by atoms with Crippen LogP contribution in [-0.4, -0.2) is 37.7 Å². The Balaban J connectivity index is 2.17. The molecule has 1 aromatic carbocycles. The molecule has 0 heterocycles. The molecule has 1 amide bonds. The maximum absolute atomic E-state index is 12.7. The summed E-state index contributed by atoms with van der Waals surface area (Å²) in [5.74, 6) is -0.966. The summed E-state index contributed by atoms with van der Waals surface area (Å²) in [6, 6.07) is 7.51. The third-order valence-electron chi connectivity index (χ3n) is 4.31. The van der Waals surface area contributed by atoms with E-state index in [1.54, 1.807) is 13.0 Å². The van der Waals surface area contributed by atoms with Gasteiger partial charge in [0.1, 0.15) is 0 Å². The van der Waals surface area contributed by atoms with Crippen LogP contribution in [0.25, 0.3) is 6.08 Å². The first-order chi connectivity index (χ1) is 13.3. The molecule has 0 fully saturated rings. The van der Waals surface area contributed by atoms with Crippen molar-refractivity contribution in [3.05, 3.63) is 64.1 Å². The Morgan fingerprint density at radius 1 is 1.04 bits per heavy atom. The minimum atomic E-state index is -0.343. The average molecular weight is 383 g/mol. The molecular weight excluding hydrogens is 358 g/mol. The fourth-order valence-corrected chi connectivity index (χ4v) is 2.86. The van der Waals surface area contributed by atoms with E-state index >= 15 is 0 Å². The first-order valence-electron chi connectivity index (χ1n) is 8.97. The topological polar surface area (TPSA) is 81.7 Å². The summed E-state index contributed by atoms with van der Waals surface area (Å²) in [6.45, 7) is 5.41. The van der Waals surface area contributed by atoms with Crippen LogP contribution in [-0.2, 0) is 30.3 Å². The molecule has 0 aliphatic heterocycles. The summed E-state index contributed by atoms with van der Waals surface area (Å²) < 4.78 is 10.1. The maximum atomic E-state index is 12.7. The molecule has 1 aromatic rings. The fourth-order valence-electron chi connectivity index (χ4n) is 2.86. The molecule has 0 bridgehead atoms. The second kappa shape index (κ2) is 9.17.